The molecule has 2 rings (SSSR count). The number of hydrogen-bond donors (Lipinski definition) is 2. The van der Waals surface area contributed by atoms with Crippen LogP contribution in [0.1, 0.15) is 82.9 Å². The molecule has 4 heteroatoms. The van der Waals surface area contributed by atoms with Crippen molar-refractivity contribution >= 4 is 11.8 Å². The number of carbonyl (C=O) groups excluding carboxylic acids is 2. The second kappa shape index (κ2) is 9.02. The fraction of sp³-hybridized carbons (Fsp3) is 0.619. The number of benzene rings is 1. The van der Waals surface area contributed by atoms with Gasteiger partial charge in [-0.1, -0.05) is 57.4 Å². The summed E-state index contributed by atoms with van der Waals surface area (Å²) in [7, 11) is 0. The minimum Gasteiger partial charge on any atom is -0.347 e. The van der Waals surface area contributed by atoms with E-state index in [2.05, 4.69) is 48.7 Å². The molecule has 4 nitrogen and oxygen atoms in total. The molecule has 2 N–H and O–H groups in total. The van der Waals surface area contributed by atoms with E-state index in [1.807, 2.05) is 0 Å². The summed E-state index contributed by atoms with van der Waals surface area (Å²) in [6.07, 6.45) is 6.61. The van der Waals surface area contributed by atoms with Crippen LogP contribution in [-0.2, 0) is 9.59 Å². The van der Waals surface area contributed by atoms with Gasteiger partial charge < -0.3 is 10.6 Å². The molecule has 0 bridgehead atoms. The molecule has 138 valence electrons. The molecule has 0 aliphatic heterocycles. The summed E-state index contributed by atoms with van der Waals surface area (Å²) in [5.41, 5.74) is 2.54. The van der Waals surface area contributed by atoms with E-state index in [4.69, 9.17) is 0 Å². The fourth-order valence-corrected chi connectivity index (χ4v) is 3.70. The van der Waals surface area contributed by atoms with E-state index in [9.17, 15) is 9.59 Å². The first-order valence-electron chi connectivity index (χ1n) is 9.55. The summed E-state index contributed by atoms with van der Waals surface area (Å²) in [6.45, 7) is 7.33. The molecule has 0 heterocycles. The van der Waals surface area contributed by atoms with E-state index in [0.29, 0.717) is 5.92 Å². The molecular formula is C21H32N2O2. The lowest BCUT2D eigenvalue weighted by molar-refractivity contribution is -0.128. The van der Waals surface area contributed by atoms with Crippen LogP contribution >= 0.6 is 0 Å². The zero-order chi connectivity index (χ0) is 18.4. The highest BCUT2D eigenvalue weighted by atomic mass is 16.2. The van der Waals surface area contributed by atoms with Gasteiger partial charge in [0.05, 0.1) is 6.04 Å². The van der Waals surface area contributed by atoms with Gasteiger partial charge in [0.2, 0.25) is 11.8 Å². The second-order valence-corrected chi connectivity index (χ2v) is 7.65. The number of rotatable bonds is 6. The fourth-order valence-electron chi connectivity index (χ4n) is 3.70. The quantitative estimate of drug-likeness (QED) is 0.817. The highest BCUT2D eigenvalue weighted by molar-refractivity contribution is 5.86. The van der Waals surface area contributed by atoms with Crippen molar-refractivity contribution in [1.29, 1.82) is 0 Å². The summed E-state index contributed by atoms with van der Waals surface area (Å²) < 4.78 is 0. The average molecular weight is 344 g/mol. The van der Waals surface area contributed by atoms with Gasteiger partial charge >= 0.3 is 0 Å². The van der Waals surface area contributed by atoms with E-state index in [1.165, 1.54) is 44.6 Å². The van der Waals surface area contributed by atoms with Crippen LogP contribution in [0.2, 0.25) is 0 Å². The van der Waals surface area contributed by atoms with E-state index >= 15 is 0 Å². The number of hydrogen-bond acceptors (Lipinski definition) is 2. The standard InChI is InChI=1S/C21H32N2O2/c1-14(2)20(23-21(25)15(3)22-16(4)24)19-12-10-18(11-13-19)17-8-6-5-7-9-17/h10-15,17,20H,5-9H2,1-4H3,(H,22,24)(H,23,25). The van der Waals surface area contributed by atoms with Crippen LogP contribution in [0.3, 0.4) is 0 Å². The van der Waals surface area contributed by atoms with Crippen molar-refractivity contribution in [2.45, 2.75) is 77.8 Å². The van der Waals surface area contributed by atoms with Gasteiger partial charge in [0.25, 0.3) is 0 Å². The third-order valence-corrected chi connectivity index (χ3v) is 5.15. The Hall–Kier alpha value is -1.84. The van der Waals surface area contributed by atoms with E-state index in [-0.39, 0.29) is 23.8 Å². The Kier molecular flexibility index (Phi) is 7.03. The first-order chi connectivity index (χ1) is 11.9. The monoisotopic (exact) mass is 344 g/mol. The Morgan fingerprint density at radius 2 is 1.56 bits per heavy atom. The Labute approximate surface area is 151 Å². The molecule has 2 unspecified atom stereocenters. The molecule has 2 atom stereocenters. The van der Waals surface area contributed by atoms with Crippen LogP contribution in [0.4, 0.5) is 0 Å². The van der Waals surface area contributed by atoms with E-state index < -0.39 is 6.04 Å². The van der Waals surface area contributed by atoms with Gasteiger partial charge in [-0.3, -0.25) is 9.59 Å². The Bertz CT molecular complexity index is 574. The molecule has 1 aromatic rings. The SMILES string of the molecule is CC(=O)NC(C)C(=O)NC(c1ccc(C2CCCCC2)cc1)C(C)C. The van der Waals surface area contributed by atoms with Crippen LogP contribution in [0.15, 0.2) is 24.3 Å². The number of nitrogens with one attached hydrogen (secondary N) is 2. The smallest absolute Gasteiger partial charge is 0.242 e. The van der Waals surface area contributed by atoms with Crippen molar-refractivity contribution in [3.05, 3.63) is 35.4 Å². The molecule has 2 amide bonds. The molecular weight excluding hydrogens is 312 g/mol. The summed E-state index contributed by atoms with van der Waals surface area (Å²) >= 11 is 0. The molecule has 1 aromatic carbocycles. The summed E-state index contributed by atoms with van der Waals surface area (Å²) in [4.78, 5) is 23.5. The number of carbonyl (C=O) groups is 2. The molecule has 0 spiro atoms. The van der Waals surface area contributed by atoms with E-state index in [0.717, 1.165) is 5.56 Å². The van der Waals surface area contributed by atoms with E-state index in [1.54, 1.807) is 6.92 Å². The molecule has 1 fully saturated rings. The van der Waals surface area contributed by atoms with Crippen molar-refractivity contribution in [1.82, 2.24) is 10.6 Å². The van der Waals surface area contributed by atoms with Crippen LogP contribution in [-0.4, -0.2) is 17.9 Å². The lowest BCUT2D eigenvalue weighted by atomic mass is 9.83. The summed E-state index contributed by atoms with van der Waals surface area (Å²) in [5.74, 6) is 0.620. The normalized spacial score (nSPS) is 17.8. The zero-order valence-electron chi connectivity index (χ0n) is 16.0. The molecule has 25 heavy (non-hydrogen) atoms. The Morgan fingerprint density at radius 1 is 0.960 bits per heavy atom. The predicted molar refractivity (Wildman–Crippen MR) is 101 cm³/mol. The van der Waals surface area contributed by atoms with Gasteiger partial charge in [0, 0.05) is 6.92 Å². The lowest BCUT2D eigenvalue weighted by Gasteiger charge is -2.26. The minimum atomic E-state index is -0.528. The van der Waals surface area contributed by atoms with Crippen LogP contribution < -0.4 is 10.6 Å². The first-order valence-corrected chi connectivity index (χ1v) is 9.55. The molecule has 1 aliphatic rings. The van der Waals surface area contributed by atoms with Crippen LogP contribution in [0.5, 0.6) is 0 Å². The van der Waals surface area contributed by atoms with Crippen molar-refractivity contribution in [2.75, 3.05) is 0 Å². The van der Waals surface area contributed by atoms with Crippen molar-refractivity contribution in [2.24, 2.45) is 5.92 Å². The van der Waals surface area contributed by atoms with Gasteiger partial charge in [-0.15, -0.1) is 0 Å². The minimum absolute atomic E-state index is 0.0517. The third kappa shape index (κ3) is 5.58. The molecule has 1 aliphatic carbocycles. The summed E-state index contributed by atoms with van der Waals surface area (Å²) in [6, 6.07) is 8.17. The summed E-state index contributed by atoms with van der Waals surface area (Å²) in [5, 5.41) is 5.72. The maximum Gasteiger partial charge on any atom is 0.242 e. The third-order valence-electron chi connectivity index (χ3n) is 5.15. The maximum atomic E-state index is 12.4. The highest BCUT2D eigenvalue weighted by Gasteiger charge is 2.22. The molecule has 0 radical (unpaired) electrons. The first kappa shape index (κ1) is 19.5. The van der Waals surface area contributed by atoms with Gasteiger partial charge in [0.1, 0.15) is 6.04 Å². The highest BCUT2D eigenvalue weighted by Crippen LogP contribution is 2.33. The zero-order valence-corrected chi connectivity index (χ0v) is 16.0. The van der Waals surface area contributed by atoms with Crippen molar-refractivity contribution < 1.29 is 9.59 Å². The topological polar surface area (TPSA) is 58.2 Å². The average Bonchev–Trinajstić information content (AvgIpc) is 2.59. The Morgan fingerprint density at radius 3 is 2.08 bits per heavy atom. The Balaban J connectivity index is 2.06. The van der Waals surface area contributed by atoms with Crippen LogP contribution in [0, 0.1) is 5.92 Å². The van der Waals surface area contributed by atoms with Gasteiger partial charge in [0.15, 0.2) is 0 Å². The van der Waals surface area contributed by atoms with Crippen molar-refractivity contribution in [3.63, 3.8) is 0 Å². The van der Waals surface area contributed by atoms with Gasteiger partial charge in [-0.2, -0.15) is 0 Å². The van der Waals surface area contributed by atoms with Gasteiger partial charge in [-0.05, 0) is 42.7 Å². The maximum absolute atomic E-state index is 12.4. The van der Waals surface area contributed by atoms with Crippen molar-refractivity contribution in [3.8, 4) is 0 Å². The molecule has 0 aromatic heterocycles. The molecule has 0 saturated heterocycles. The van der Waals surface area contributed by atoms with Gasteiger partial charge in [-0.25, -0.2) is 0 Å². The van der Waals surface area contributed by atoms with Crippen LogP contribution in [0.25, 0.3) is 0 Å². The molecule has 1 saturated carbocycles. The number of amides is 2. The second-order valence-electron chi connectivity index (χ2n) is 7.65. The largest absolute Gasteiger partial charge is 0.347 e. The predicted octanol–water partition coefficient (Wildman–Crippen LogP) is 4.07. The lowest BCUT2D eigenvalue weighted by Crippen LogP contribution is -2.46.